The molecule has 0 aliphatic rings. The van der Waals surface area contributed by atoms with E-state index in [1.54, 1.807) is 13.1 Å². The molecular weight excluding hydrogens is 283 g/mol. The van der Waals surface area contributed by atoms with E-state index in [-0.39, 0.29) is 0 Å². The molecule has 0 fully saturated rings. The number of rotatable bonds is 2. The van der Waals surface area contributed by atoms with E-state index >= 15 is 0 Å². The maximum absolute atomic E-state index is 6.19. The Bertz CT molecular complexity index is 719. The van der Waals surface area contributed by atoms with E-state index in [9.17, 15) is 0 Å². The molecule has 2 heterocycles. The van der Waals surface area contributed by atoms with Gasteiger partial charge in [-0.2, -0.15) is 0 Å². The van der Waals surface area contributed by atoms with Crippen molar-refractivity contribution in [3.05, 3.63) is 46.4 Å². The van der Waals surface area contributed by atoms with Crippen molar-refractivity contribution in [1.82, 2.24) is 4.98 Å². The van der Waals surface area contributed by atoms with Crippen LogP contribution in [0.5, 0.6) is 0 Å². The van der Waals surface area contributed by atoms with Crippen molar-refractivity contribution in [2.75, 3.05) is 12.4 Å². The molecule has 1 aromatic carbocycles. The molecule has 0 aliphatic heterocycles. The van der Waals surface area contributed by atoms with Gasteiger partial charge in [0.25, 0.3) is 0 Å². The maximum Gasteiger partial charge on any atom is 0.155 e. The minimum absolute atomic E-state index is 0.461. The first kappa shape index (κ1) is 12.3. The molecule has 1 N–H and O–H groups in total. The van der Waals surface area contributed by atoms with Gasteiger partial charge in [-0.25, -0.2) is 4.98 Å². The van der Waals surface area contributed by atoms with Gasteiger partial charge in [0.15, 0.2) is 5.76 Å². The zero-order valence-electron chi connectivity index (χ0n) is 10.1. The van der Waals surface area contributed by atoms with Crippen LogP contribution >= 0.6 is 23.2 Å². The summed E-state index contributed by atoms with van der Waals surface area (Å²) in [6.07, 6.45) is 0. The van der Waals surface area contributed by atoms with Gasteiger partial charge in [0.1, 0.15) is 17.1 Å². The van der Waals surface area contributed by atoms with Gasteiger partial charge in [0, 0.05) is 12.4 Å². The Hall–Kier alpha value is -1.71. The smallest absolute Gasteiger partial charge is 0.155 e. The summed E-state index contributed by atoms with van der Waals surface area (Å²) in [6, 6.07) is 11.3. The highest BCUT2D eigenvalue weighted by Crippen LogP contribution is 2.34. The van der Waals surface area contributed by atoms with Crippen LogP contribution in [-0.4, -0.2) is 12.0 Å². The number of para-hydroxylation sites is 1. The Balaban J connectivity index is 2.20. The third kappa shape index (κ3) is 2.15. The Labute approximate surface area is 120 Å². The Kier molecular flexibility index (Phi) is 3.09. The fourth-order valence-corrected chi connectivity index (χ4v) is 2.46. The number of halogens is 2. The van der Waals surface area contributed by atoms with Crippen LogP contribution in [0.25, 0.3) is 22.4 Å². The average molecular weight is 293 g/mol. The van der Waals surface area contributed by atoms with E-state index in [2.05, 4.69) is 10.3 Å². The molecule has 0 spiro atoms. The SMILES string of the molecule is CNc1nc(-c2cc3ccccc3o2)c(Cl)cc1Cl. The van der Waals surface area contributed by atoms with Crippen LogP contribution in [0.4, 0.5) is 5.82 Å². The maximum atomic E-state index is 6.19. The predicted molar refractivity (Wildman–Crippen MR) is 79.0 cm³/mol. The highest BCUT2D eigenvalue weighted by molar-refractivity contribution is 6.37. The zero-order chi connectivity index (χ0) is 13.4. The van der Waals surface area contributed by atoms with Gasteiger partial charge in [0.2, 0.25) is 0 Å². The van der Waals surface area contributed by atoms with Crippen molar-refractivity contribution in [2.45, 2.75) is 0 Å². The standard InChI is InChI=1S/C14H10Cl2N2O/c1-17-14-10(16)7-9(15)13(18-14)12-6-8-4-2-3-5-11(8)19-12/h2-7H,1H3,(H,17,18). The fourth-order valence-electron chi connectivity index (χ4n) is 1.91. The molecule has 3 rings (SSSR count). The van der Waals surface area contributed by atoms with Crippen molar-refractivity contribution >= 4 is 40.0 Å². The number of benzene rings is 1. The van der Waals surface area contributed by atoms with Crippen LogP contribution in [0.15, 0.2) is 40.8 Å². The molecule has 0 unspecified atom stereocenters. The van der Waals surface area contributed by atoms with Gasteiger partial charge in [-0.1, -0.05) is 41.4 Å². The lowest BCUT2D eigenvalue weighted by Gasteiger charge is -2.06. The van der Waals surface area contributed by atoms with Gasteiger partial charge in [0.05, 0.1) is 10.0 Å². The van der Waals surface area contributed by atoms with Crippen LogP contribution in [0.1, 0.15) is 0 Å². The first-order valence-electron chi connectivity index (χ1n) is 5.72. The molecular formula is C14H10Cl2N2O. The number of nitrogens with zero attached hydrogens (tertiary/aromatic N) is 1. The normalized spacial score (nSPS) is 10.9. The first-order valence-corrected chi connectivity index (χ1v) is 6.47. The third-order valence-electron chi connectivity index (χ3n) is 2.83. The monoisotopic (exact) mass is 292 g/mol. The van der Waals surface area contributed by atoms with Gasteiger partial charge < -0.3 is 9.73 Å². The Morgan fingerprint density at radius 1 is 1.11 bits per heavy atom. The van der Waals surface area contributed by atoms with E-state index in [1.165, 1.54) is 0 Å². The number of nitrogens with one attached hydrogen (secondary N) is 1. The first-order chi connectivity index (χ1) is 9.19. The fraction of sp³-hybridized carbons (Fsp3) is 0.0714. The van der Waals surface area contributed by atoms with Crippen molar-refractivity contribution in [3.63, 3.8) is 0 Å². The zero-order valence-corrected chi connectivity index (χ0v) is 11.6. The van der Waals surface area contributed by atoms with Crippen molar-refractivity contribution in [2.24, 2.45) is 0 Å². The molecule has 19 heavy (non-hydrogen) atoms. The van der Waals surface area contributed by atoms with Gasteiger partial charge in [-0.3, -0.25) is 0 Å². The molecule has 96 valence electrons. The number of anilines is 1. The van der Waals surface area contributed by atoms with E-state index in [0.29, 0.717) is 27.3 Å². The number of furan rings is 1. The molecule has 0 saturated heterocycles. The van der Waals surface area contributed by atoms with Crippen LogP contribution < -0.4 is 5.32 Å². The van der Waals surface area contributed by atoms with Gasteiger partial charge in [-0.05, 0) is 18.2 Å². The van der Waals surface area contributed by atoms with Crippen LogP contribution in [0, 0.1) is 0 Å². The molecule has 0 amide bonds. The summed E-state index contributed by atoms with van der Waals surface area (Å²) in [6.45, 7) is 0. The second kappa shape index (κ2) is 4.76. The lowest BCUT2D eigenvalue weighted by molar-refractivity contribution is 0.629. The van der Waals surface area contributed by atoms with E-state index in [0.717, 1.165) is 11.0 Å². The van der Waals surface area contributed by atoms with E-state index in [1.807, 2.05) is 30.3 Å². The molecule has 0 bridgehead atoms. The molecule has 0 radical (unpaired) electrons. The van der Waals surface area contributed by atoms with Crippen molar-refractivity contribution in [1.29, 1.82) is 0 Å². The number of fused-ring (bicyclic) bond motifs is 1. The number of pyridine rings is 1. The summed E-state index contributed by atoms with van der Waals surface area (Å²) >= 11 is 12.2. The molecule has 3 aromatic rings. The third-order valence-corrected chi connectivity index (χ3v) is 3.40. The molecule has 3 nitrogen and oxygen atoms in total. The van der Waals surface area contributed by atoms with E-state index in [4.69, 9.17) is 27.6 Å². The quantitative estimate of drug-likeness (QED) is 0.734. The molecule has 2 aromatic heterocycles. The molecule has 5 heteroatoms. The Morgan fingerprint density at radius 2 is 1.89 bits per heavy atom. The van der Waals surface area contributed by atoms with Gasteiger partial charge >= 0.3 is 0 Å². The predicted octanol–water partition coefficient (Wildman–Crippen LogP) is 4.84. The molecule has 0 aliphatic carbocycles. The van der Waals surface area contributed by atoms with Crippen LogP contribution in [-0.2, 0) is 0 Å². The minimum atomic E-state index is 0.461. The summed E-state index contributed by atoms with van der Waals surface area (Å²) in [5, 5.41) is 4.87. The highest BCUT2D eigenvalue weighted by atomic mass is 35.5. The van der Waals surface area contributed by atoms with Gasteiger partial charge in [-0.15, -0.1) is 0 Å². The summed E-state index contributed by atoms with van der Waals surface area (Å²) < 4.78 is 5.76. The lowest BCUT2D eigenvalue weighted by Crippen LogP contribution is -1.95. The highest BCUT2D eigenvalue weighted by Gasteiger charge is 2.14. The largest absolute Gasteiger partial charge is 0.454 e. The average Bonchev–Trinajstić information content (AvgIpc) is 2.82. The van der Waals surface area contributed by atoms with Crippen LogP contribution in [0.2, 0.25) is 10.0 Å². The summed E-state index contributed by atoms with van der Waals surface area (Å²) in [5.41, 5.74) is 1.38. The molecule has 0 atom stereocenters. The molecule has 0 saturated carbocycles. The van der Waals surface area contributed by atoms with E-state index < -0.39 is 0 Å². The topological polar surface area (TPSA) is 38.1 Å². The summed E-state index contributed by atoms with van der Waals surface area (Å²) in [5.74, 6) is 1.20. The lowest BCUT2D eigenvalue weighted by atomic mass is 10.2. The Morgan fingerprint density at radius 3 is 2.63 bits per heavy atom. The summed E-state index contributed by atoms with van der Waals surface area (Å²) in [4.78, 5) is 4.39. The minimum Gasteiger partial charge on any atom is -0.454 e. The number of hydrogen-bond donors (Lipinski definition) is 1. The van der Waals surface area contributed by atoms with Crippen molar-refractivity contribution < 1.29 is 4.42 Å². The van der Waals surface area contributed by atoms with Crippen LogP contribution in [0.3, 0.4) is 0 Å². The summed E-state index contributed by atoms with van der Waals surface area (Å²) in [7, 11) is 1.75. The van der Waals surface area contributed by atoms with Crippen molar-refractivity contribution in [3.8, 4) is 11.5 Å². The number of hydrogen-bond acceptors (Lipinski definition) is 3. The second-order valence-electron chi connectivity index (χ2n) is 4.05. The number of aromatic nitrogens is 1. The second-order valence-corrected chi connectivity index (χ2v) is 4.86.